The molecule has 0 aliphatic heterocycles. The summed E-state index contributed by atoms with van der Waals surface area (Å²) in [5, 5.41) is 9.17. The molecule has 0 heterocycles. The molecule has 0 aliphatic rings. The molecule has 0 radical (unpaired) electrons. The maximum Gasteiger partial charge on any atom is 0.227 e. The molecular weight excluding hydrogens is 264 g/mol. The summed E-state index contributed by atoms with van der Waals surface area (Å²) in [5.41, 5.74) is 5.05. The molecule has 0 spiro atoms. The van der Waals surface area contributed by atoms with E-state index in [0.717, 1.165) is 11.5 Å². The number of amides is 1. The Hall–Kier alpha value is -2.13. The van der Waals surface area contributed by atoms with E-state index in [2.05, 4.69) is 0 Å². The lowest BCUT2D eigenvalue weighted by Gasteiger charge is -2.20. The van der Waals surface area contributed by atoms with Crippen LogP contribution in [0.5, 0.6) is 0 Å². The van der Waals surface area contributed by atoms with Gasteiger partial charge in [-0.1, -0.05) is 12.1 Å². The Balaban J connectivity index is 3.18. The van der Waals surface area contributed by atoms with Crippen LogP contribution in [0.1, 0.15) is 19.4 Å². The number of carbonyl (C=O) groups excluding carboxylic acids is 1. The first-order valence-electron chi connectivity index (χ1n) is 5.43. The minimum absolute atomic E-state index is 0.0584. The van der Waals surface area contributed by atoms with Gasteiger partial charge in [-0.2, -0.15) is 5.26 Å². The molecule has 1 aromatic carbocycles. The zero-order valence-corrected chi connectivity index (χ0v) is 11.4. The minimum atomic E-state index is -3.62. The summed E-state index contributed by atoms with van der Waals surface area (Å²) in [6, 6.07) is 7.47. The second kappa shape index (κ2) is 5.24. The van der Waals surface area contributed by atoms with E-state index in [9.17, 15) is 13.2 Å². The molecule has 1 rings (SSSR count). The third-order valence-electron chi connectivity index (χ3n) is 2.84. The first-order valence-corrected chi connectivity index (χ1v) is 6.98. The van der Waals surface area contributed by atoms with Gasteiger partial charge in [-0.15, -0.1) is 0 Å². The molecule has 1 amide bonds. The molecule has 100 valence electrons. The number of benzene rings is 1. The first-order chi connectivity index (χ1) is 8.71. The standard InChI is InChI=1S/C13H14N2O3S/c1-13(2,12(15)16)10-4-6-11(7-5-10)19(17,18)9-3-8-14/h3-7,9H,1-2H3,(H2,15,16)/b9-3+. The van der Waals surface area contributed by atoms with Gasteiger partial charge in [-0.05, 0) is 31.5 Å². The second-order valence-corrected chi connectivity index (χ2v) is 6.32. The highest BCUT2D eigenvalue weighted by atomic mass is 32.2. The topological polar surface area (TPSA) is 101 Å². The predicted molar refractivity (Wildman–Crippen MR) is 70.6 cm³/mol. The Morgan fingerprint density at radius 2 is 1.84 bits per heavy atom. The molecule has 0 atom stereocenters. The minimum Gasteiger partial charge on any atom is -0.369 e. The molecule has 0 aromatic heterocycles. The van der Waals surface area contributed by atoms with Gasteiger partial charge in [0.25, 0.3) is 0 Å². The fraction of sp³-hybridized carbons (Fsp3) is 0.231. The molecule has 0 fully saturated rings. The highest BCUT2D eigenvalue weighted by Crippen LogP contribution is 2.24. The largest absolute Gasteiger partial charge is 0.369 e. The average Bonchev–Trinajstić information content (AvgIpc) is 2.36. The van der Waals surface area contributed by atoms with Crippen molar-refractivity contribution in [1.29, 1.82) is 5.26 Å². The van der Waals surface area contributed by atoms with Gasteiger partial charge in [0.15, 0.2) is 0 Å². The van der Waals surface area contributed by atoms with Crippen LogP contribution >= 0.6 is 0 Å². The lowest BCUT2D eigenvalue weighted by atomic mass is 9.84. The van der Waals surface area contributed by atoms with Gasteiger partial charge in [0.05, 0.1) is 16.4 Å². The number of hydrogen-bond donors (Lipinski definition) is 1. The molecule has 0 aliphatic carbocycles. The van der Waals surface area contributed by atoms with Gasteiger partial charge in [0.1, 0.15) is 0 Å². The monoisotopic (exact) mass is 278 g/mol. The van der Waals surface area contributed by atoms with E-state index >= 15 is 0 Å². The van der Waals surface area contributed by atoms with Gasteiger partial charge >= 0.3 is 0 Å². The smallest absolute Gasteiger partial charge is 0.227 e. The van der Waals surface area contributed by atoms with Crippen molar-refractivity contribution in [3.8, 4) is 6.07 Å². The Kier molecular flexibility index (Phi) is 4.12. The van der Waals surface area contributed by atoms with E-state index in [1.807, 2.05) is 0 Å². The maximum atomic E-state index is 11.8. The highest BCUT2D eigenvalue weighted by Gasteiger charge is 2.27. The number of primary amides is 1. The van der Waals surface area contributed by atoms with Crippen LogP contribution in [0.4, 0.5) is 0 Å². The van der Waals surface area contributed by atoms with Crippen molar-refractivity contribution in [2.45, 2.75) is 24.2 Å². The molecule has 2 N–H and O–H groups in total. The number of hydrogen-bond acceptors (Lipinski definition) is 4. The molecule has 0 saturated carbocycles. The van der Waals surface area contributed by atoms with Crippen LogP contribution in [0.15, 0.2) is 40.6 Å². The molecule has 0 saturated heterocycles. The third-order valence-corrected chi connectivity index (χ3v) is 4.27. The van der Waals surface area contributed by atoms with E-state index in [0.29, 0.717) is 5.56 Å². The summed E-state index contributed by atoms with van der Waals surface area (Å²) >= 11 is 0. The maximum absolute atomic E-state index is 11.8. The van der Waals surface area contributed by atoms with Crippen molar-refractivity contribution in [3.63, 3.8) is 0 Å². The lowest BCUT2D eigenvalue weighted by Crippen LogP contribution is -2.35. The number of nitrogens with zero attached hydrogens (tertiary/aromatic N) is 1. The number of sulfone groups is 1. The van der Waals surface area contributed by atoms with Crippen molar-refractivity contribution >= 4 is 15.7 Å². The van der Waals surface area contributed by atoms with E-state index in [1.165, 1.54) is 24.3 Å². The number of allylic oxidation sites excluding steroid dienone is 1. The summed E-state index contributed by atoms with van der Waals surface area (Å²) < 4.78 is 23.5. The quantitative estimate of drug-likeness (QED) is 0.838. The predicted octanol–water partition coefficient (Wildman–Crippen LogP) is 1.26. The van der Waals surface area contributed by atoms with Crippen molar-refractivity contribution < 1.29 is 13.2 Å². The van der Waals surface area contributed by atoms with Crippen LogP contribution in [-0.2, 0) is 20.0 Å². The van der Waals surface area contributed by atoms with Crippen LogP contribution in [0.25, 0.3) is 0 Å². The Bertz CT molecular complexity index is 650. The average molecular weight is 278 g/mol. The summed E-state index contributed by atoms with van der Waals surface area (Å²) in [4.78, 5) is 11.4. The normalized spacial score (nSPS) is 12.3. The zero-order chi connectivity index (χ0) is 14.7. The van der Waals surface area contributed by atoms with E-state index in [-0.39, 0.29) is 4.90 Å². The van der Waals surface area contributed by atoms with E-state index in [4.69, 9.17) is 11.0 Å². The third kappa shape index (κ3) is 3.20. The first kappa shape index (κ1) is 14.9. The van der Waals surface area contributed by atoms with Crippen molar-refractivity contribution in [1.82, 2.24) is 0 Å². The second-order valence-electron chi connectivity index (χ2n) is 4.49. The lowest BCUT2D eigenvalue weighted by molar-refractivity contribution is -0.122. The SMILES string of the molecule is CC(C)(C(N)=O)c1ccc(S(=O)(=O)/C=C/C#N)cc1. The van der Waals surface area contributed by atoms with Crippen LogP contribution in [0.3, 0.4) is 0 Å². The van der Waals surface area contributed by atoms with Crippen LogP contribution in [-0.4, -0.2) is 14.3 Å². The van der Waals surface area contributed by atoms with Gasteiger partial charge in [0.2, 0.25) is 15.7 Å². The van der Waals surface area contributed by atoms with Crippen LogP contribution < -0.4 is 5.73 Å². The molecule has 0 bridgehead atoms. The van der Waals surface area contributed by atoms with E-state index < -0.39 is 21.2 Å². The molecule has 5 nitrogen and oxygen atoms in total. The van der Waals surface area contributed by atoms with Gasteiger partial charge in [-0.25, -0.2) is 8.42 Å². The summed E-state index contributed by atoms with van der Waals surface area (Å²) in [5.74, 6) is -0.493. The number of nitrogens with two attached hydrogens (primary N) is 1. The van der Waals surface area contributed by atoms with Crippen molar-refractivity contribution in [3.05, 3.63) is 41.3 Å². The fourth-order valence-electron chi connectivity index (χ4n) is 1.40. The summed E-state index contributed by atoms with van der Waals surface area (Å²) in [6.07, 6.45) is 0.899. The zero-order valence-electron chi connectivity index (χ0n) is 10.6. The molecule has 19 heavy (non-hydrogen) atoms. The Labute approximate surface area is 112 Å². The number of nitriles is 1. The summed E-state index contributed by atoms with van der Waals surface area (Å²) in [6.45, 7) is 3.32. The number of rotatable bonds is 4. The van der Waals surface area contributed by atoms with Crippen LogP contribution in [0, 0.1) is 11.3 Å². The number of carbonyl (C=O) groups is 1. The molecule has 0 unspecified atom stereocenters. The van der Waals surface area contributed by atoms with Crippen LogP contribution in [0.2, 0.25) is 0 Å². The molecular formula is C13H14N2O3S. The van der Waals surface area contributed by atoms with Gasteiger partial charge in [0, 0.05) is 11.5 Å². The van der Waals surface area contributed by atoms with E-state index in [1.54, 1.807) is 19.9 Å². The fourth-order valence-corrected chi connectivity index (χ4v) is 2.31. The Morgan fingerprint density at radius 3 is 2.26 bits per heavy atom. The molecule has 6 heteroatoms. The summed E-state index contributed by atoms with van der Waals surface area (Å²) in [7, 11) is -3.62. The highest BCUT2D eigenvalue weighted by molar-refractivity contribution is 7.94. The van der Waals surface area contributed by atoms with Crippen molar-refractivity contribution in [2.75, 3.05) is 0 Å². The van der Waals surface area contributed by atoms with Gasteiger partial charge < -0.3 is 5.73 Å². The Morgan fingerprint density at radius 1 is 1.32 bits per heavy atom. The molecule has 1 aromatic rings. The van der Waals surface area contributed by atoms with Gasteiger partial charge in [-0.3, -0.25) is 4.79 Å². The van der Waals surface area contributed by atoms with Crippen molar-refractivity contribution in [2.24, 2.45) is 5.73 Å².